The molecule has 1 aliphatic carbocycles. The summed E-state index contributed by atoms with van der Waals surface area (Å²) in [6, 6.07) is 0.598. The van der Waals surface area contributed by atoms with Crippen LogP contribution in [0.2, 0.25) is 0 Å². The monoisotopic (exact) mass is 230 g/mol. The van der Waals surface area contributed by atoms with Gasteiger partial charge in [0.2, 0.25) is 0 Å². The Labute approximate surface area is 101 Å². The minimum atomic E-state index is 0.598. The molecule has 0 atom stereocenters. The van der Waals surface area contributed by atoms with Crippen LogP contribution in [0.15, 0.2) is 6.33 Å². The Hall–Kier alpha value is -1.58. The molecule has 4 nitrogen and oxygen atoms in total. The molecule has 1 saturated carbocycles. The molecule has 17 heavy (non-hydrogen) atoms. The van der Waals surface area contributed by atoms with Crippen LogP contribution in [0.5, 0.6) is 0 Å². The number of hydrogen-bond donors (Lipinski definition) is 1. The third-order valence-corrected chi connectivity index (χ3v) is 4.05. The van der Waals surface area contributed by atoms with Gasteiger partial charge in [0.15, 0.2) is 0 Å². The molecule has 3 rings (SSSR count). The van der Waals surface area contributed by atoms with Gasteiger partial charge in [-0.15, -0.1) is 0 Å². The van der Waals surface area contributed by atoms with Crippen LogP contribution >= 0.6 is 0 Å². The first kappa shape index (κ1) is 10.6. The van der Waals surface area contributed by atoms with Crippen LogP contribution in [0.3, 0.4) is 0 Å². The molecule has 4 heteroatoms. The predicted molar refractivity (Wildman–Crippen MR) is 68.9 cm³/mol. The Morgan fingerprint density at radius 1 is 1.24 bits per heavy atom. The minimum absolute atomic E-state index is 0.598. The molecule has 90 valence electrons. The van der Waals surface area contributed by atoms with Crippen LogP contribution in [-0.4, -0.2) is 14.5 Å². The molecule has 2 aromatic rings. The number of aromatic nitrogens is 3. The van der Waals surface area contributed by atoms with E-state index < -0.39 is 0 Å². The summed E-state index contributed by atoms with van der Waals surface area (Å²) in [6.45, 7) is 4.28. The molecule has 2 heterocycles. The molecule has 2 aromatic heterocycles. The van der Waals surface area contributed by atoms with Gasteiger partial charge in [-0.1, -0.05) is 12.8 Å². The first-order valence-corrected chi connectivity index (χ1v) is 6.27. The fourth-order valence-corrected chi connectivity index (χ4v) is 3.06. The lowest BCUT2D eigenvalue weighted by Crippen LogP contribution is -2.07. The van der Waals surface area contributed by atoms with Gasteiger partial charge in [-0.2, -0.15) is 0 Å². The predicted octanol–water partition coefficient (Wildman–Crippen LogP) is 2.75. The van der Waals surface area contributed by atoms with Crippen molar-refractivity contribution in [2.75, 3.05) is 5.73 Å². The van der Waals surface area contributed by atoms with Crippen molar-refractivity contribution in [3.8, 4) is 0 Å². The van der Waals surface area contributed by atoms with Gasteiger partial charge in [0.1, 0.15) is 17.8 Å². The Bertz CT molecular complexity index is 564. The van der Waals surface area contributed by atoms with Crippen LogP contribution in [0.4, 0.5) is 5.82 Å². The molecule has 0 amide bonds. The maximum atomic E-state index is 5.97. The first-order chi connectivity index (χ1) is 8.20. The van der Waals surface area contributed by atoms with E-state index in [0.717, 1.165) is 11.0 Å². The maximum Gasteiger partial charge on any atom is 0.146 e. The maximum absolute atomic E-state index is 5.97. The number of nitrogens with two attached hydrogens (primary N) is 1. The zero-order valence-corrected chi connectivity index (χ0v) is 10.4. The van der Waals surface area contributed by atoms with Gasteiger partial charge in [-0.3, -0.25) is 0 Å². The fraction of sp³-hybridized carbons (Fsp3) is 0.538. The summed E-state index contributed by atoms with van der Waals surface area (Å²) in [4.78, 5) is 8.54. The third-order valence-electron chi connectivity index (χ3n) is 4.05. The lowest BCUT2D eigenvalue weighted by atomic mass is 10.2. The SMILES string of the molecule is Cc1c(C)n(C2CCCC2)c2ncnc(N)c12. The summed E-state index contributed by atoms with van der Waals surface area (Å²) >= 11 is 0. The van der Waals surface area contributed by atoms with Crippen LogP contribution in [0.1, 0.15) is 43.0 Å². The molecule has 2 N–H and O–H groups in total. The van der Waals surface area contributed by atoms with Gasteiger partial charge in [0.25, 0.3) is 0 Å². The van der Waals surface area contributed by atoms with E-state index in [1.807, 2.05) is 0 Å². The molecular weight excluding hydrogens is 212 g/mol. The number of nitrogens with zero attached hydrogens (tertiary/aromatic N) is 3. The Morgan fingerprint density at radius 3 is 2.65 bits per heavy atom. The van der Waals surface area contributed by atoms with Gasteiger partial charge in [0, 0.05) is 11.7 Å². The standard InChI is InChI=1S/C13H18N4/c1-8-9(2)17(10-5-3-4-6-10)13-11(8)12(14)15-7-16-13/h7,10H,3-6H2,1-2H3,(H2,14,15,16). The largest absolute Gasteiger partial charge is 0.383 e. The van der Waals surface area contributed by atoms with E-state index in [4.69, 9.17) is 5.73 Å². The van der Waals surface area contributed by atoms with E-state index in [1.54, 1.807) is 6.33 Å². The van der Waals surface area contributed by atoms with Crippen molar-refractivity contribution < 1.29 is 0 Å². The molecule has 1 aliphatic rings. The highest BCUT2D eigenvalue weighted by molar-refractivity contribution is 5.90. The van der Waals surface area contributed by atoms with E-state index in [-0.39, 0.29) is 0 Å². The quantitative estimate of drug-likeness (QED) is 0.819. The number of fused-ring (bicyclic) bond motifs is 1. The van der Waals surface area contributed by atoms with E-state index in [9.17, 15) is 0 Å². The number of hydrogen-bond acceptors (Lipinski definition) is 3. The summed E-state index contributed by atoms with van der Waals surface area (Å²) in [5, 5.41) is 1.04. The van der Waals surface area contributed by atoms with Crippen molar-refractivity contribution in [3.63, 3.8) is 0 Å². The second-order valence-electron chi connectivity index (χ2n) is 4.98. The summed E-state index contributed by atoms with van der Waals surface area (Å²) in [7, 11) is 0. The number of aryl methyl sites for hydroxylation is 1. The second-order valence-corrected chi connectivity index (χ2v) is 4.98. The number of anilines is 1. The first-order valence-electron chi connectivity index (χ1n) is 6.27. The topological polar surface area (TPSA) is 56.7 Å². The van der Waals surface area contributed by atoms with Gasteiger partial charge in [0.05, 0.1) is 5.39 Å². The molecule has 0 bridgehead atoms. The van der Waals surface area contributed by atoms with E-state index in [0.29, 0.717) is 11.9 Å². The molecule has 0 unspecified atom stereocenters. The third kappa shape index (κ3) is 1.43. The zero-order valence-electron chi connectivity index (χ0n) is 10.4. The number of nitrogen functional groups attached to an aromatic ring is 1. The molecule has 1 fully saturated rings. The van der Waals surface area contributed by atoms with Crippen LogP contribution in [0, 0.1) is 13.8 Å². The minimum Gasteiger partial charge on any atom is -0.383 e. The Morgan fingerprint density at radius 2 is 1.94 bits per heavy atom. The highest BCUT2D eigenvalue weighted by atomic mass is 15.1. The smallest absolute Gasteiger partial charge is 0.146 e. The second kappa shape index (κ2) is 3.72. The Kier molecular flexibility index (Phi) is 2.31. The summed E-state index contributed by atoms with van der Waals surface area (Å²) in [6.07, 6.45) is 6.73. The van der Waals surface area contributed by atoms with Crippen LogP contribution < -0.4 is 5.73 Å². The highest BCUT2D eigenvalue weighted by Gasteiger charge is 2.23. The lowest BCUT2D eigenvalue weighted by molar-refractivity contribution is 0.521. The highest BCUT2D eigenvalue weighted by Crippen LogP contribution is 2.36. The average molecular weight is 230 g/mol. The fourth-order valence-electron chi connectivity index (χ4n) is 3.06. The van der Waals surface area contributed by atoms with E-state index in [1.165, 1.54) is 36.9 Å². The zero-order chi connectivity index (χ0) is 12.0. The lowest BCUT2D eigenvalue weighted by Gasteiger charge is -2.15. The van der Waals surface area contributed by atoms with Crippen molar-refractivity contribution in [2.45, 2.75) is 45.6 Å². The summed E-state index contributed by atoms with van der Waals surface area (Å²) < 4.78 is 2.37. The van der Waals surface area contributed by atoms with Gasteiger partial charge in [-0.25, -0.2) is 9.97 Å². The molecule has 0 aromatic carbocycles. The van der Waals surface area contributed by atoms with Crippen LogP contribution in [0.25, 0.3) is 11.0 Å². The molecule has 0 spiro atoms. The summed E-state index contributed by atoms with van der Waals surface area (Å²) in [5.74, 6) is 0.604. The molecular formula is C13H18N4. The van der Waals surface area contributed by atoms with Crippen molar-refractivity contribution in [3.05, 3.63) is 17.6 Å². The average Bonchev–Trinajstić information content (AvgIpc) is 2.89. The Balaban J connectivity index is 2.30. The molecule has 0 aliphatic heterocycles. The van der Waals surface area contributed by atoms with Crippen molar-refractivity contribution in [2.24, 2.45) is 0 Å². The van der Waals surface area contributed by atoms with Gasteiger partial charge < -0.3 is 10.3 Å². The van der Waals surface area contributed by atoms with Gasteiger partial charge in [-0.05, 0) is 32.3 Å². The van der Waals surface area contributed by atoms with E-state index in [2.05, 4.69) is 28.4 Å². The van der Waals surface area contributed by atoms with Crippen molar-refractivity contribution in [1.29, 1.82) is 0 Å². The molecule has 0 radical (unpaired) electrons. The normalized spacial score (nSPS) is 17.1. The van der Waals surface area contributed by atoms with Crippen LogP contribution in [-0.2, 0) is 0 Å². The van der Waals surface area contributed by atoms with Gasteiger partial charge >= 0.3 is 0 Å². The molecule has 0 saturated heterocycles. The number of rotatable bonds is 1. The van der Waals surface area contributed by atoms with Crippen molar-refractivity contribution >= 4 is 16.9 Å². The summed E-state index contributed by atoms with van der Waals surface area (Å²) in [5.41, 5.74) is 9.50. The van der Waals surface area contributed by atoms with E-state index >= 15 is 0 Å². The van der Waals surface area contributed by atoms with Crippen molar-refractivity contribution in [1.82, 2.24) is 14.5 Å².